The van der Waals surface area contributed by atoms with E-state index >= 15 is 0 Å². The fraction of sp³-hybridized carbons (Fsp3) is 0.0667. The third-order valence-electron chi connectivity index (χ3n) is 3.10. The van der Waals surface area contributed by atoms with Crippen LogP contribution >= 0.6 is 15.9 Å². The van der Waals surface area contributed by atoms with Crippen molar-refractivity contribution >= 4 is 21.6 Å². The molecule has 0 spiro atoms. The van der Waals surface area contributed by atoms with Crippen LogP contribution in [0.15, 0.2) is 45.4 Å². The van der Waals surface area contributed by atoms with Gasteiger partial charge in [0.2, 0.25) is 5.82 Å². The van der Waals surface area contributed by atoms with E-state index in [1.54, 1.807) is 0 Å². The Morgan fingerprint density at radius 1 is 1.14 bits per heavy atom. The van der Waals surface area contributed by atoms with Gasteiger partial charge in [0.15, 0.2) is 0 Å². The standard InChI is InChI=1S/C15H11BrFN3O/c1-8-6-9(16)2-4-11(8)14-19-15(21-20-14)12-7-10(17)3-5-13(12)18/h2-7H,18H2,1H3. The van der Waals surface area contributed by atoms with Gasteiger partial charge in [0.1, 0.15) is 5.82 Å². The normalized spacial score (nSPS) is 10.8. The lowest BCUT2D eigenvalue weighted by molar-refractivity contribution is 0.432. The van der Waals surface area contributed by atoms with Crippen LogP contribution in [-0.2, 0) is 0 Å². The zero-order valence-corrected chi connectivity index (χ0v) is 12.7. The predicted octanol–water partition coefficient (Wildman–Crippen LogP) is 4.20. The van der Waals surface area contributed by atoms with E-state index in [4.69, 9.17) is 10.3 Å². The zero-order chi connectivity index (χ0) is 15.0. The van der Waals surface area contributed by atoms with Gasteiger partial charge in [0, 0.05) is 15.7 Å². The van der Waals surface area contributed by atoms with Crippen LogP contribution in [0, 0.1) is 12.7 Å². The molecule has 2 aromatic carbocycles. The molecule has 0 saturated heterocycles. The Hall–Kier alpha value is -2.21. The number of aryl methyl sites for hydroxylation is 1. The SMILES string of the molecule is Cc1cc(Br)ccc1-c1noc(-c2cc(F)ccc2N)n1. The second-order valence-corrected chi connectivity index (χ2v) is 5.53. The lowest BCUT2D eigenvalue weighted by Gasteiger charge is -2.01. The van der Waals surface area contributed by atoms with Gasteiger partial charge in [-0.25, -0.2) is 4.39 Å². The molecule has 1 aromatic heterocycles. The largest absolute Gasteiger partial charge is 0.398 e. The van der Waals surface area contributed by atoms with Gasteiger partial charge in [0.25, 0.3) is 5.89 Å². The van der Waals surface area contributed by atoms with Crippen LogP contribution in [0.25, 0.3) is 22.8 Å². The maximum atomic E-state index is 13.3. The Balaban J connectivity index is 2.06. The van der Waals surface area contributed by atoms with Crippen molar-refractivity contribution in [3.8, 4) is 22.8 Å². The number of halogens is 2. The highest BCUT2D eigenvalue weighted by atomic mass is 79.9. The topological polar surface area (TPSA) is 64.9 Å². The first-order valence-electron chi connectivity index (χ1n) is 6.20. The van der Waals surface area contributed by atoms with E-state index in [9.17, 15) is 4.39 Å². The molecule has 0 atom stereocenters. The molecule has 3 rings (SSSR count). The maximum absolute atomic E-state index is 13.3. The first kappa shape index (κ1) is 13.8. The van der Waals surface area contributed by atoms with Crippen LogP contribution in [0.1, 0.15) is 5.56 Å². The first-order valence-corrected chi connectivity index (χ1v) is 6.99. The van der Waals surface area contributed by atoms with Gasteiger partial charge in [-0.2, -0.15) is 4.98 Å². The summed E-state index contributed by atoms with van der Waals surface area (Å²) < 4.78 is 19.5. The van der Waals surface area contributed by atoms with Crippen LogP contribution in [0.3, 0.4) is 0 Å². The Morgan fingerprint density at radius 2 is 1.95 bits per heavy atom. The van der Waals surface area contributed by atoms with Crippen LogP contribution < -0.4 is 5.73 Å². The first-order chi connectivity index (χ1) is 10.0. The summed E-state index contributed by atoms with van der Waals surface area (Å²) in [6, 6.07) is 9.79. The van der Waals surface area contributed by atoms with Gasteiger partial charge in [-0.15, -0.1) is 0 Å². The Morgan fingerprint density at radius 3 is 2.71 bits per heavy atom. The van der Waals surface area contributed by atoms with Crippen molar-refractivity contribution in [3.05, 3.63) is 52.3 Å². The van der Waals surface area contributed by atoms with Crippen molar-refractivity contribution in [2.75, 3.05) is 5.73 Å². The average Bonchev–Trinajstić information content (AvgIpc) is 2.91. The fourth-order valence-electron chi connectivity index (χ4n) is 2.03. The average molecular weight is 348 g/mol. The quantitative estimate of drug-likeness (QED) is 0.705. The van der Waals surface area contributed by atoms with Crippen molar-refractivity contribution in [2.24, 2.45) is 0 Å². The summed E-state index contributed by atoms with van der Waals surface area (Å²) >= 11 is 3.41. The lowest BCUT2D eigenvalue weighted by Crippen LogP contribution is -1.91. The summed E-state index contributed by atoms with van der Waals surface area (Å²) in [5, 5.41) is 3.94. The summed E-state index contributed by atoms with van der Waals surface area (Å²) in [7, 11) is 0. The van der Waals surface area contributed by atoms with Crippen molar-refractivity contribution in [1.82, 2.24) is 10.1 Å². The van der Waals surface area contributed by atoms with Gasteiger partial charge < -0.3 is 10.3 Å². The molecule has 106 valence electrons. The molecule has 0 aliphatic heterocycles. The van der Waals surface area contributed by atoms with E-state index in [0.717, 1.165) is 15.6 Å². The molecule has 3 aromatic rings. The van der Waals surface area contributed by atoms with Gasteiger partial charge >= 0.3 is 0 Å². The molecule has 0 fully saturated rings. The van der Waals surface area contributed by atoms with Crippen LogP contribution in [0.5, 0.6) is 0 Å². The van der Waals surface area contributed by atoms with Gasteiger partial charge in [-0.3, -0.25) is 0 Å². The summed E-state index contributed by atoms with van der Waals surface area (Å²) in [4.78, 5) is 4.30. The highest BCUT2D eigenvalue weighted by Crippen LogP contribution is 2.29. The van der Waals surface area contributed by atoms with E-state index in [-0.39, 0.29) is 5.89 Å². The molecular formula is C15H11BrFN3O. The van der Waals surface area contributed by atoms with Crippen LogP contribution in [-0.4, -0.2) is 10.1 Å². The van der Waals surface area contributed by atoms with Crippen LogP contribution in [0.2, 0.25) is 0 Å². The summed E-state index contributed by atoms with van der Waals surface area (Å²) in [6.07, 6.45) is 0. The van der Waals surface area contributed by atoms with E-state index in [2.05, 4.69) is 26.1 Å². The van der Waals surface area contributed by atoms with Gasteiger partial charge in [-0.05, 0) is 48.9 Å². The minimum atomic E-state index is -0.404. The number of hydrogen-bond donors (Lipinski definition) is 1. The molecule has 0 radical (unpaired) electrons. The zero-order valence-electron chi connectivity index (χ0n) is 11.1. The third kappa shape index (κ3) is 2.67. The number of aromatic nitrogens is 2. The number of nitrogen functional groups attached to an aromatic ring is 1. The van der Waals surface area contributed by atoms with E-state index < -0.39 is 5.82 Å². The monoisotopic (exact) mass is 347 g/mol. The maximum Gasteiger partial charge on any atom is 0.260 e. The molecule has 0 aliphatic carbocycles. The number of rotatable bonds is 2. The van der Waals surface area contributed by atoms with Crippen molar-refractivity contribution in [1.29, 1.82) is 0 Å². The number of benzene rings is 2. The number of hydrogen-bond acceptors (Lipinski definition) is 4. The molecular weight excluding hydrogens is 337 g/mol. The Bertz CT molecular complexity index is 816. The van der Waals surface area contributed by atoms with Crippen molar-refractivity contribution < 1.29 is 8.91 Å². The van der Waals surface area contributed by atoms with E-state index in [1.807, 2.05) is 25.1 Å². The number of nitrogens with zero attached hydrogens (tertiary/aromatic N) is 2. The highest BCUT2D eigenvalue weighted by Gasteiger charge is 2.15. The molecule has 1 heterocycles. The molecule has 2 N–H and O–H groups in total. The number of anilines is 1. The fourth-order valence-corrected chi connectivity index (χ4v) is 2.51. The second kappa shape index (κ2) is 5.29. The molecule has 4 nitrogen and oxygen atoms in total. The molecule has 0 saturated carbocycles. The number of nitrogens with two attached hydrogens (primary N) is 1. The summed E-state index contributed by atoms with van der Waals surface area (Å²) in [5.41, 5.74) is 8.45. The van der Waals surface area contributed by atoms with Crippen LogP contribution in [0.4, 0.5) is 10.1 Å². The van der Waals surface area contributed by atoms with Gasteiger partial charge in [0.05, 0.1) is 5.56 Å². The lowest BCUT2D eigenvalue weighted by atomic mass is 10.1. The molecule has 0 amide bonds. The third-order valence-corrected chi connectivity index (χ3v) is 3.59. The highest BCUT2D eigenvalue weighted by molar-refractivity contribution is 9.10. The predicted molar refractivity (Wildman–Crippen MR) is 82.0 cm³/mol. The molecule has 6 heteroatoms. The van der Waals surface area contributed by atoms with E-state index in [0.29, 0.717) is 17.1 Å². The smallest absolute Gasteiger partial charge is 0.260 e. The molecule has 0 bridgehead atoms. The van der Waals surface area contributed by atoms with E-state index in [1.165, 1.54) is 18.2 Å². The summed E-state index contributed by atoms with van der Waals surface area (Å²) in [6.45, 7) is 1.95. The van der Waals surface area contributed by atoms with Crippen molar-refractivity contribution in [2.45, 2.75) is 6.92 Å². The Labute approximate surface area is 128 Å². The molecule has 0 unspecified atom stereocenters. The minimum Gasteiger partial charge on any atom is -0.398 e. The van der Waals surface area contributed by atoms with Crippen molar-refractivity contribution in [3.63, 3.8) is 0 Å². The second-order valence-electron chi connectivity index (χ2n) is 4.61. The molecule has 21 heavy (non-hydrogen) atoms. The Kier molecular flexibility index (Phi) is 3.47. The summed E-state index contributed by atoms with van der Waals surface area (Å²) in [5.74, 6) is 0.238. The minimum absolute atomic E-state index is 0.198. The molecule has 0 aliphatic rings. The van der Waals surface area contributed by atoms with Gasteiger partial charge in [-0.1, -0.05) is 21.1 Å².